The number of hydrogen-bond donors (Lipinski definition) is 2. The molecular weight excluding hydrogens is 302 g/mol. The predicted octanol–water partition coefficient (Wildman–Crippen LogP) is 2.10. The van der Waals surface area contributed by atoms with E-state index in [2.05, 4.69) is 15.6 Å². The van der Waals surface area contributed by atoms with Crippen molar-refractivity contribution >= 4 is 11.8 Å². The van der Waals surface area contributed by atoms with Crippen LogP contribution in [0, 0.1) is 12.3 Å². The maximum absolute atomic E-state index is 12.5. The van der Waals surface area contributed by atoms with Crippen LogP contribution in [0.25, 0.3) is 0 Å². The molecule has 0 atom stereocenters. The lowest BCUT2D eigenvalue weighted by molar-refractivity contribution is -0.137. The van der Waals surface area contributed by atoms with Crippen molar-refractivity contribution in [3.63, 3.8) is 0 Å². The summed E-state index contributed by atoms with van der Waals surface area (Å²) >= 11 is 0. The number of carbonyl (C=O) groups excluding carboxylic acids is 2. The quantitative estimate of drug-likeness (QED) is 0.800. The molecule has 5 heteroatoms. The molecule has 1 heterocycles. The summed E-state index contributed by atoms with van der Waals surface area (Å²) in [7, 11) is 0. The average Bonchev–Trinajstić information content (AvgIpc) is 3.40. The standard InChI is InChI=1S/C19H21N3O2/c1-14-3-2-4-16(11-14)13-22-18(24)19(7-8-19)17(23)21-12-15-5-9-20-10-6-15/h2-6,9-11H,7-8,12-13H2,1H3,(H,21,23)(H,22,24). The van der Waals surface area contributed by atoms with Gasteiger partial charge in [-0.1, -0.05) is 29.8 Å². The minimum absolute atomic E-state index is 0.184. The number of hydrogen-bond acceptors (Lipinski definition) is 3. The van der Waals surface area contributed by atoms with E-state index in [0.717, 1.165) is 16.7 Å². The number of benzene rings is 1. The maximum atomic E-state index is 12.5. The molecule has 2 amide bonds. The molecule has 0 radical (unpaired) electrons. The molecule has 24 heavy (non-hydrogen) atoms. The fraction of sp³-hybridized carbons (Fsp3) is 0.316. The highest BCUT2D eigenvalue weighted by molar-refractivity contribution is 6.07. The molecule has 1 aliphatic rings. The highest BCUT2D eigenvalue weighted by atomic mass is 16.2. The second kappa shape index (κ2) is 6.83. The zero-order valence-electron chi connectivity index (χ0n) is 13.7. The average molecular weight is 323 g/mol. The third-order valence-corrected chi connectivity index (χ3v) is 4.36. The van der Waals surface area contributed by atoms with Gasteiger partial charge in [-0.2, -0.15) is 0 Å². The largest absolute Gasteiger partial charge is 0.351 e. The number of rotatable bonds is 6. The Morgan fingerprint density at radius 3 is 2.21 bits per heavy atom. The van der Waals surface area contributed by atoms with Crippen LogP contribution < -0.4 is 10.6 Å². The third kappa shape index (κ3) is 3.62. The van der Waals surface area contributed by atoms with Crippen molar-refractivity contribution < 1.29 is 9.59 Å². The van der Waals surface area contributed by atoms with Gasteiger partial charge in [-0.15, -0.1) is 0 Å². The van der Waals surface area contributed by atoms with Gasteiger partial charge in [0.05, 0.1) is 0 Å². The first kappa shape index (κ1) is 16.2. The van der Waals surface area contributed by atoms with Crippen LogP contribution in [0.1, 0.15) is 29.5 Å². The van der Waals surface area contributed by atoms with Crippen LogP contribution in [0.4, 0.5) is 0 Å². The molecule has 124 valence electrons. The molecule has 2 aromatic rings. The Morgan fingerprint density at radius 2 is 1.62 bits per heavy atom. The smallest absolute Gasteiger partial charge is 0.235 e. The Hall–Kier alpha value is -2.69. The van der Waals surface area contributed by atoms with E-state index < -0.39 is 5.41 Å². The Morgan fingerprint density at radius 1 is 1.00 bits per heavy atom. The zero-order valence-corrected chi connectivity index (χ0v) is 13.7. The second-order valence-corrected chi connectivity index (χ2v) is 6.29. The van der Waals surface area contributed by atoms with E-state index in [1.807, 2.05) is 43.3 Å². The van der Waals surface area contributed by atoms with E-state index in [0.29, 0.717) is 25.9 Å². The van der Waals surface area contributed by atoms with Crippen molar-refractivity contribution in [1.82, 2.24) is 15.6 Å². The van der Waals surface area contributed by atoms with Crippen molar-refractivity contribution in [2.24, 2.45) is 5.41 Å². The van der Waals surface area contributed by atoms with Crippen molar-refractivity contribution in [3.8, 4) is 0 Å². The normalized spacial score (nSPS) is 14.7. The summed E-state index contributed by atoms with van der Waals surface area (Å²) in [5, 5.41) is 5.76. The number of nitrogens with one attached hydrogen (secondary N) is 2. The minimum atomic E-state index is -0.892. The lowest BCUT2D eigenvalue weighted by Crippen LogP contribution is -2.42. The van der Waals surface area contributed by atoms with Crippen LogP contribution in [0.2, 0.25) is 0 Å². The summed E-state index contributed by atoms with van der Waals surface area (Å²) in [5.41, 5.74) is 2.26. The number of pyridine rings is 1. The summed E-state index contributed by atoms with van der Waals surface area (Å²) in [4.78, 5) is 28.8. The van der Waals surface area contributed by atoms with E-state index in [4.69, 9.17) is 0 Å². The summed E-state index contributed by atoms with van der Waals surface area (Å²) in [6, 6.07) is 11.7. The first-order valence-corrected chi connectivity index (χ1v) is 8.11. The van der Waals surface area contributed by atoms with Gasteiger partial charge in [0.2, 0.25) is 11.8 Å². The van der Waals surface area contributed by atoms with Crippen molar-refractivity contribution in [1.29, 1.82) is 0 Å². The fourth-order valence-electron chi connectivity index (χ4n) is 2.71. The molecule has 0 saturated heterocycles. The van der Waals surface area contributed by atoms with E-state index in [1.165, 1.54) is 0 Å². The molecule has 1 saturated carbocycles. The zero-order chi connectivity index (χ0) is 17.0. The molecular formula is C19H21N3O2. The van der Waals surface area contributed by atoms with E-state index in [1.54, 1.807) is 12.4 Å². The molecule has 5 nitrogen and oxygen atoms in total. The molecule has 0 spiro atoms. The number of aryl methyl sites for hydroxylation is 1. The number of carbonyl (C=O) groups is 2. The molecule has 1 fully saturated rings. The summed E-state index contributed by atoms with van der Waals surface area (Å²) in [6.45, 7) is 2.87. The van der Waals surface area contributed by atoms with Crippen LogP contribution in [0.15, 0.2) is 48.8 Å². The molecule has 0 unspecified atom stereocenters. The molecule has 1 aromatic heterocycles. The number of aromatic nitrogens is 1. The SMILES string of the molecule is Cc1cccc(CNC(=O)C2(C(=O)NCc3ccncc3)CC2)c1. The Labute approximate surface area is 141 Å². The van der Waals surface area contributed by atoms with E-state index in [9.17, 15) is 9.59 Å². The van der Waals surface area contributed by atoms with Crippen LogP contribution in [-0.2, 0) is 22.7 Å². The second-order valence-electron chi connectivity index (χ2n) is 6.29. The van der Waals surface area contributed by atoms with Crippen molar-refractivity contribution in [2.75, 3.05) is 0 Å². The van der Waals surface area contributed by atoms with Gasteiger partial charge in [0.1, 0.15) is 5.41 Å². The van der Waals surface area contributed by atoms with Gasteiger partial charge in [0, 0.05) is 25.5 Å². The lowest BCUT2D eigenvalue weighted by atomic mass is 10.0. The van der Waals surface area contributed by atoms with Crippen LogP contribution in [0.5, 0.6) is 0 Å². The van der Waals surface area contributed by atoms with Crippen LogP contribution in [-0.4, -0.2) is 16.8 Å². The molecule has 3 rings (SSSR count). The predicted molar refractivity (Wildman–Crippen MR) is 90.8 cm³/mol. The Bertz CT molecular complexity index is 739. The molecule has 1 aliphatic carbocycles. The van der Waals surface area contributed by atoms with Gasteiger partial charge < -0.3 is 10.6 Å². The topological polar surface area (TPSA) is 71.1 Å². The van der Waals surface area contributed by atoms with Crippen LogP contribution in [0.3, 0.4) is 0 Å². The highest BCUT2D eigenvalue weighted by Gasteiger charge is 2.56. The van der Waals surface area contributed by atoms with Gasteiger partial charge >= 0.3 is 0 Å². The Kier molecular flexibility index (Phi) is 4.60. The maximum Gasteiger partial charge on any atom is 0.235 e. The van der Waals surface area contributed by atoms with Gasteiger partial charge in [-0.3, -0.25) is 14.6 Å². The van der Waals surface area contributed by atoms with E-state index >= 15 is 0 Å². The van der Waals surface area contributed by atoms with Gasteiger partial charge in [0.15, 0.2) is 0 Å². The third-order valence-electron chi connectivity index (χ3n) is 4.36. The number of nitrogens with zero attached hydrogens (tertiary/aromatic N) is 1. The van der Waals surface area contributed by atoms with Crippen molar-refractivity contribution in [3.05, 3.63) is 65.5 Å². The first-order valence-electron chi connectivity index (χ1n) is 8.11. The highest BCUT2D eigenvalue weighted by Crippen LogP contribution is 2.46. The summed E-state index contributed by atoms with van der Waals surface area (Å²) < 4.78 is 0. The lowest BCUT2D eigenvalue weighted by Gasteiger charge is -2.15. The molecule has 0 bridgehead atoms. The molecule has 2 N–H and O–H groups in total. The summed E-state index contributed by atoms with van der Waals surface area (Å²) in [6.07, 6.45) is 4.58. The molecule has 0 aliphatic heterocycles. The summed E-state index contributed by atoms with van der Waals surface area (Å²) in [5.74, 6) is -0.378. The monoisotopic (exact) mass is 323 g/mol. The molecule has 1 aromatic carbocycles. The van der Waals surface area contributed by atoms with E-state index in [-0.39, 0.29) is 11.8 Å². The van der Waals surface area contributed by atoms with Crippen molar-refractivity contribution in [2.45, 2.75) is 32.9 Å². The number of amides is 2. The van der Waals surface area contributed by atoms with Gasteiger partial charge in [-0.05, 0) is 43.0 Å². The first-order chi connectivity index (χ1) is 11.6. The fourth-order valence-corrected chi connectivity index (χ4v) is 2.71. The Balaban J connectivity index is 1.54. The van der Waals surface area contributed by atoms with Crippen LogP contribution >= 0.6 is 0 Å². The van der Waals surface area contributed by atoms with Gasteiger partial charge in [0.25, 0.3) is 0 Å². The van der Waals surface area contributed by atoms with Gasteiger partial charge in [-0.25, -0.2) is 0 Å². The minimum Gasteiger partial charge on any atom is -0.351 e.